The van der Waals surface area contributed by atoms with Crippen LogP contribution in [0.15, 0.2) is 60.7 Å². The average molecular weight is 504 g/mol. The molecule has 194 valence electrons. The minimum atomic E-state index is -0.691. The number of nitriles is 1. The molecule has 0 saturated carbocycles. The van der Waals surface area contributed by atoms with Gasteiger partial charge in [0.1, 0.15) is 11.9 Å². The molecule has 4 rings (SSSR count). The molecule has 1 aliphatic heterocycles. The van der Waals surface area contributed by atoms with Crippen LogP contribution in [0.25, 0.3) is 22.0 Å². The Morgan fingerprint density at radius 1 is 1.32 bits per heavy atom. The molecule has 0 bridgehead atoms. The molecule has 0 amide bonds. The summed E-state index contributed by atoms with van der Waals surface area (Å²) >= 11 is 0. The summed E-state index contributed by atoms with van der Waals surface area (Å²) in [6, 6.07) is 17.6. The number of halogens is 1. The van der Waals surface area contributed by atoms with Crippen LogP contribution in [-0.2, 0) is 11.3 Å². The number of aromatic nitrogens is 1. The van der Waals surface area contributed by atoms with Crippen LogP contribution < -0.4 is 10.6 Å². The number of methoxy groups -OCH3 is 1. The van der Waals surface area contributed by atoms with E-state index in [1.165, 1.54) is 0 Å². The molecule has 2 heterocycles. The van der Waals surface area contributed by atoms with Crippen LogP contribution in [0.2, 0.25) is 0 Å². The third kappa shape index (κ3) is 7.43. The molecule has 2 atom stereocenters. The van der Waals surface area contributed by atoms with Gasteiger partial charge in [0.05, 0.1) is 18.4 Å². The Hall–Kier alpha value is -3.64. The van der Waals surface area contributed by atoms with Gasteiger partial charge in [0.15, 0.2) is 6.29 Å². The molecule has 2 aromatic carbocycles. The van der Waals surface area contributed by atoms with E-state index < -0.39 is 6.17 Å². The maximum absolute atomic E-state index is 13.0. The molecule has 0 radical (unpaired) electrons. The lowest BCUT2D eigenvalue weighted by Crippen LogP contribution is -2.48. The van der Waals surface area contributed by atoms with Crippen molar-refractivity contribution in [2.45, 2.75) is 25.2 Å². The van der Waals surface area contributed by atoms with Gasteiger partial charge in [0, 0.05) is 54.0 Å². The van der Waals surface area contributed by atoms with Gasteiger partial charge in [-0.1, -0.05) is 36.9 Å². The first-order valence-electron chi connectivity index (χ1n) is 12.2. The zero-order valence-electron chi connectivity index (χ0n) is 21.6. The van der Waals surface area contributed by atoms with Crippen LogP contribution in [0.5, 0.6) is 0 Å². The number of carbonyl (C=O) groups is 1. The van der Waals surface area contributed by atoms with Gasteiger partial charge in [-0.2, -0.15) is 5.26 Å². The third-order valence-corrected chi connectivity index (χ3v) is 6.35. The first kappa shape index (κ1) is 27.9. The standard InChI is InChI=1S/C22H19N3O2.C7H15FN2/c1-15(11-23)12-24-22-18(14-27-2)9-7-16-6-8-17(10-20(16)22)21-5-3-4-19(13-26)25-21;1-9-7-3-4-10(2)5-6(7)8/h3-10,13,24H,1,12,14H2,2H3;6-7,9H,3-5H2,1-2H3. The number of alkyl halides is 1. The summed E-state index contributed by atoms with van der Waals surface area (Å²) in [4.78, 5) is 17.4. The van der Waals surface area contributed by atoms with E-state index in [9.17, 15) is 9.18 Å². The molecule has 0 spiro atoms. The van der Waals surface area contributed by atoms with E-state index in [4.69, 9.17) is 10.00 Å². The summed E-state index contributed by atoms with van der Waals surface area (Å²) in [7, 11) is 5.43. The van der Waals surface area contributed by atoms with E-state index in [0.29, 0.717) is 31.0 Å². The summed E-state index contributed by atoms with van der Waals surface area (Å²) in [6.45, 7) is 6.11. The van der Waals surface area contributed by atoms with Gasteiger partial charge in [0.25, 0.3) is 0 Å². The summed E-state index contributed by atoms with van der Waals surface area (Å²) < 4.78 is 18.3. The number of benzene rings is 2. The van der Waals surface area contributed by atoms with Crippen LogP contribution in [0.4, 0.5) is 10.1 Å². The average Bonchev–Trinajstić information content (AvgIpc) is 2.92. The second-order valence-corrected chi connectivity index (χ2v) is 9.07. The summed E-state index contributed by atoms with van der Waals surface area (Å²) in [6.07, 6.45) is 0.972. The van der Waals surface area contributed by atoms with Crippen molar-refractivity contribution < 1.29 is 13.9 Å². The molecule has 3 aromatic rings. The van der Waals surface area contributed by atoms with Crippen molar-refractivity contribution in [1.29, 1.82) is 5.26 Å². The van der Waals surface area contributed by atoms with E-state index >= 15 is 0 Å². The van der Waals surface area contributed by atoms with Crippen LogP contribution in [-0.4, -0.2) is 69.2 Å². The van der Waals surface area contributed by atoms with E-state index in [1.54, 1.807) is 13.2 Å². The lowest BCUT2D eigenvalue weighted by Gasteiger charge is -2.31. The van der Waals surface area contributed by atoms with Crippen molar-refractivity contribution in [1.82, 2.24) is 15.2 Å². The molecular formula is C29H34FN5O2. The molecule has 1 saturated heterocycles. The highest BCUT2D eigenvalue weighted by Crippen LogP contribution is 2.32. The highest BCUT2D eigenvalue weighted by molar-refractivity contribution is 5.98. The van der Waals surface area contributed by atoms with Crippen molar-refractivity contribution in [3.63, 3.8) is 0 Å². The zero-order valence-corrected chi connectivity index (χ0v) is 21.6. The Balaban J connectivity index is 0.000000319. The first-order valence-corrected chi connectivity index (χ1v) is 12.2. The minimum Gasteiger partial charge on any atom is -0.380 e. The van der Waals surface area contributed by atoms with Crippen LogP contribution >= 0.6 is 0 Å². The molecule has 7 nitrogen and oxygen atoms in total. The van der Waals surface area contributed by atoms with Gasteiger partial charge in [-0.3, -0.25) is 4.79 Å². The second-order valence-electron chi connectivity index (χ2n) is 9.07. The predicted octanol–water partition coefficient (Wildman–Crippen LogP) is 4.60. The summed E-state index contributed by atoms with van der Waals surface area (Å²) in [5, 5.41) is 17.3. The van der Waals surface area contributed by atoms with E-state index in [1.807, 2.05) is 61.5 Å². The number of hydrogen-bond acceptors (Lipinski definition) is 7. The molecule has 1 fully saturated rings. The highest BCUT2D eigenvalue weighted by atomic mass is 19.1. The number of carbonyl (C=O) groups excluding carboxylic acids is 1. The lowest BCUT2D eigenvalue weighted by molar-refractivity contribution is 0.111. The number of pyridine rings is 1. The molecular weight excluding hydrogens is 469 g/mol. The number of fused-ring (bicyclic) bond motifs is 1. The van der Waals surface area contributed by atoms with Gasteiger partial charge in [-0.05, 0) is 50.6 Å². The number of ether oxygens (including phenoxy) is 1. The smallest absolute Gasteiger partial charge is 0.168 e. The van der Waals surface area contributed by atoms with Gasteiger partial charge in [-0.15, -0.1) is 0 Å². The highest BCUT2D eigenvalue weighted by Gasteiger charge is 2.25. The van der Waals surface area contributed by atoms with Crippen molar-refractivity contribution in [3.05, 3.63) is 71.9 Å². The number of nitrogens with zero attached hydrogens (tertiary/aromatic N) is 3. The Bertz CT molecular complexity index is 1270. The second kappa shape index (κ2) is 13.6. The molecule has 8 heteroatoms. The number of hydrogen-bond donors (Lipinski definition) is 2. The Kier molecular flexibility index (Phi) is 10.3. The summed E-state index contributed by atoms with van der Waals surface area (Å²) in [5.41, 5.74) is 4.37. The maximum Gasteiger partial charge on any atom is 0.168 e. The third-order valence-electron chi connectivity index (χ3n) is 6.35. The topological polar surface area (TPSA) is 90.3 Å². The fourth-order valence-corrected chi connectivity index (χ4v) is 4.30. The van der Waals surface area contributed by atoms with Gasteiger partial charge >= 0.3 is 0 Å². The Morgan fingerprint density at radius 2 is 2.11 bits per heavy atom. The number of rotatable bonds is 8. The molecule has 37 heavy (non-hydrogen) atoms. The molecule has 2 unspecified atom stereocenters. The van der Waals surface area contributed by atoms with Gasteiger partial charge in [-0.25, -0.2) is 9.37 Å². The van der Waals surface area contributed by atoms with E-state index in [2.05, 4.69) is 28.3 Å². The monoisotopic (exact) mass is 503 g/mol. The fourth-order valence-electron chi connectivity index (χ4n) is 4.30. The normalized spacial score (nSPS) is 17.4. The maximum atomic E-state index is 13.0. The van der Waals surface area contributed by atoms with Crippen molar-refractivity contribution in [2.24, 2.45) is 0 Å². The van der Waals surface area contributed by atoms with Crippen LogP contribution in [0.3, 0.4) is 0 Å². The van der Waals surface area contributed by atoms with Crippen molar-refractivity contribution in [2.75, 3.05) is 46.2 Å². The predicted molar refractivity (Wildman–Crippen MR) is 146 cm³/mol. The SMILES string of the molecule is C=C(C#N)CNc1c(COC)ccc2ccc(-c3cccc(C=O)n3)cc12.CNC1CCN(C)CC1F. The first-order chi connectivity index (χ1) is 17.9. The number of nitrogens with one attached hydrogen (secondary N) is 2. The van der Waals surface area contributed by atoms with Crippen molar-refractivity contribution >= 4 is 22.7 Å². The van der Waals surface area contributed by atoms with E-state index in [-0.39, 0.29) is 6.04 Å². The number of likely N-dealkylation sites (tertiary alicyclic amines) is 1. The number of anilines is 1. The molecule has 0 aliphatic carbocycles. The van der Waals surface area contributed by atoms with Gasteiger partial charge < -0.3 is 20.3 Å². The number of aldehydes is 1. The minimum absolute atomic E-state index is 0.0798. The number of piperidine rings is 1. The van der Waals surface area contributed by atoms with Crippen LogP contribution in [0, 0.1) is 11.3 Å². The quantitative estimate of drug-likeness (QED) is 0.343. The largest absolute Gasteiger partial charge is 0.380 e. The Morgan fingerprint density at radius 3 is 2.78 bits per heavy atom. The fraction of sp³-hybridized carbons (Fsp3) is 0.345. The summed E-state index contributed by atoms with van der Waals surface area (Å²) in [5.74, 6) is 0. The zero-order chi connectivity index (χ0) is 26.8. The lowest BCUT2D eigenvalue weighted by atomic mass is 10.00. The molecule has 1 aliphatic rings. The van der Waals surface area contributed by atoms with E-state index in [0.717, 1.165) is 52.5 Å². The van der Waals surface area contributed by atoms with Crippen molar-refractivity contribution in [3.8, 4) is 17.3 Å². The molecule has 1 aromatic heterocycles. The Labute approximate surface area is 218 Å². The molecule has 2 N–H and O–H groups in total. The van der Waals surface area contributed by atoms with Crippen LogP contribution in [0.1, 0.15) is 22.5 Å². The van der Waals surface area contributed by atoms with Gasteiger partial charge in [0.2, 0.25) is 0 Å².